The molecule has 3 heteroatoms. The van der Waals surface area contributed by atoms with Crippen molar-refractivity contribution in [2.45, 2.75) is 39.4 Å². The van der Waals surface area contributed by atoms with Gasteiger partial charge < -0.3 is 9.47 Å². The van der Waals surface area contributed by atoms with Crippen LogP contribution in [0, 0.1) is 0 Å². The van der Waals surface area contributed by atoms with E-state index in [1.807, 2.05) is 19.9 Å². The van der Waals surface area contributed by atoms with Gasteiger partial charge in [0.15, 0.2) is 6.29 Å². The topological polar surface area (TPSA) is 18.5 Å². The number of allylic oxidation sites excluding steroid dienone is 1. The Bertz CT molecular complexity index is 131. The molecule has 0 bridgehead atoms. The molecule has 14 heavy (non-hydrogen) atoms. The highest BCUT2D eigenvalue weighted by Gasteiger charge is 2.00. The molecule has 0 saturated heterocycles. The van der Waals surface area contributed by atoms with Crippen LogP contribution < -0.4 is 0 Å². The fourth-order valence-electron chi connectivity index (χ4n) is 1.05. The molecule has 0 saturated carbocycles. The van der Waals surface area contributed by atoms with Crippen LogP contribution in [0.2, 0.25) is 0 Å². The summed E-state index contributed by atoms with van der Waals surface area (Å²) in [5.74, 6) is 0.744. The smallest absolute Gasteiger partial charge is 0.176 e. The monoisotopic (exact) mass is 220 g/mol. The quantitative estimate of drug-likeness (QED) is 0.257. The van der Waals surface area contributed by atoms with Crippen molar-refractivity contribution in [3.05, 3.63) is 12.2 Å². The zero-order chi connectivity index (χ0) is 10.6. The molecule has 84 valence electrons. The molecule has 0 N–H and O–H groups in total. The fraction of sp³-hybridized carbons (Fsp3) is 0.818. The summed E-state index contributed by atoms with van der Waals surface area (Å²) in [6.45, 7) is 5.29. The van der Waals surface area contributed by atoms with Crippen molar-refractivity contribution >= 4 is 11.6 Å². The van der Waals surface area contributed by atoms with Crippen LogP contribution in [0.15, 0.2) is 12.2 Å². The van der Waals surface area contributed by atoms with E-state index in [9.17, 15) is 0 Å². The van der Waals surface area contributed by atoms with Gasteiger partial charge in [0.1, 0.15) is 0 Å². The van der Waals surface area contributed by atoms with E-state index in [4.69, 9.17) is 21.1 Å². The highest BCUT2D eigenvalue weighted by molar-refractivity contribution is 6.17. The predicted molar refractivity (Wildman–Crippen MR) is 60.8 cm³/mol. The molecular weight excluding hydrogens is 200 g/mol. The van der Waals surface area contributed by atoms with Gasteiger partial charge in [0.2, 0.25) is 0 Å². The number of hydrogen-bond donors (Lipinski definition) is 0. The van der Waals surface area contributed by atoms with Gasteiger partial charge in [-0.15, -0.1) is 11.6 Å². The van der Waals surface area contributed by atoms with Crippen molar-refractivity contribution in [2.24, 2.45) is 0 Å². The van der Waals surface area contributed by atoms with Crippen LogP contribution in [0.25, 0.3) is 0 Å². The van der Waals surface area contributed by atoms with Gasteiger partial charge in [-0.1, -0.05) is 6.08 Å². The molecule has 0 unspecified atom stereocenters. The lowest BCUT2D eigenvalue weighted by Gasteiger charge is -2.12. The van der Waals surface area contributed by atoms with E-state index in [1.54, 1.807) is 0 Å². The van der Waals surface area contributed by atoms with Gasteiger partial charge in [0.05, 0.1) is 0 Å². The van der Waals surface area contributed by atoms with Gasteiger partial charge in [-0.05, 0) is 39.2 Å². The molecule has 0 atom stereocenters. The second-order valence-corrected chi connectivity index (χ2v) is 3.27. The SMILES string of the molecule is CCOC(/C=C/CCCCCl)OCC. The largest absolute Gasteiger partial charge is 0.349 e. The van der Waals surface area contributed by atoms with Crippen molar-refractivity contribution in [3.8, 4) is 0 Å². The minimum Gasteiger partial charge on any atom is -0.349 e. The van der Waals surface area contributed by atoms with Crippen LogP contribution in [0.4, 0.5) is 0 Å². The molecule has 0 aliphatic heterocycles. The van der Waals surface area contributed by atoms with Crippen LogP contribution in [0.5, 0.6) is 0 Å². The lowest BCUT2D eigenvalue weighted by atomic mass is 10.2. The molecule has 0 aromatic rings. The summed E-state index contributed by atoms with van der Waals surface area (Å²) >= 11 is 5.57. The molecular formula is C11H21ClO2. The Kier molecular flexibility index (Phi) is 11.0. The summed E-state index contributed by atoms with van der Waals surface area (Å²) < 4.78 is 10.7. The number of rotatable bonds is 9. The lowest BCUT2D eigenvalue weighted by molar-refractivity contribution is -0.104. The Labute approximate surface area is 92.2 Å². The van der Waals surface area contributed by atoms with E-state index >= 15 is 0 Å². The molecule has 0 aromatic carbocycles. The number of alkyl halides is 1. The summed E-state index contributed by atoms with van der Waals surface area (Å²) in [4.78, 5) is 0. The van der Waals surface area contributed by atoms with E-state index in [0.717, 1.165) is 25.1 Å². The second-order valence-electron chi connectivity index (χ2n) is 2.89. The van der Waals surface area contributed by atoms with Crippen LogP contribution >= 0.6 is 11.6 Å². The first kappa shape index (κ1) is 13.9. The molecule has 0 radical (unpaired) electrons. The number of halogens is 1. The van der Waals surface area contributed by atoms with Crippen molar-refractivity contribution < 1.29 is 9.47 Å². The highest BCUT2D eigenvalue weighted by atomic mass is 35.5. The fourth-order valence-corrected chi connectivity index (χ4v) is 1.24. The molecule has 0 amide bonds. The third-order valence-electron chi connectivity index (χ3n) is 1.71. The van der Waals surface area contributed by atoms with Gasteiger partial charge in [-0.3, -0.25) is 0 Å². The zero-order valence-corrected chi connectivity index (χ0v) is 9.93. The molecule has 2 nitrogen and oxygen atoms in total. The second kappa shape index (κ2) is 11.0. The Balaban J connectivity index is 3.55. The predicted octanol–water partition coefficient (Wildman–Crippen LogP) is 3.35. The maximum absolute atomic E-state index is 5.57. The van der Waals surface area contributed by atoms with E-state index in [1.165, 1.54) is 0 Å². The van der Waals surface area contributed by atoms with Crippen LogP contribution in [-0.4, -0.2) is 25.4 Å². The lowest BCUT2D eigenvalue weighted by Crippen LogP contribution is -2.14. The van der Waals surface area contributed by atoms with Crippen molar-refractivity contribution in [1.82, 2.24) is 0 Å². The van der Waals surface area contributed by atoms with E-state index in [-0.39, 0.29) is 6.29 Å². The summed E-state index contributed by atoms with van der Waals surface area (Å²) in [6.07, 6.45) is 7.14. The minimum absolute atomic E-state index is 0.180. The standard InChI is InChI=1S/C11H21ClO2/c1-3-13-11(14-4-2)9-7-5-6-8-10-12/h7,9,11H,3-6,8,10H2,1-2H3/b9-7+. The Hall–Kier alpha value is -0.0500. The summed E-state index contributed by atoms with van der Waals surface area (Å²) in [5, 5.41) is 0. The normalized spacial score (nSPS) is 11.7. The Morgan fingerprint density at radius 2 is 1.79 bits per heavy atom. The molecule has 0 fully saturated rings. The van der Waals surface area contributed by atoms with Gasteiger partial charge >= 0.3 is 0 Å². The zero-order valence-electron chi connectivity index (χ0n) is 9.17. The van der Waals surface area contributed by atoms with Crippen LogP contribution in [-0.2, 0) is 9.47 Å². The molecule has 0 aliphatic carbocycles. The average Bonchev–Trinajstić information content (AvgIpc) is 2.18. The molecule has 0 aromatic heterocycles. The average molecular weight is 221 g/mol. The maximum atomic E-state index is 5.57. The van der Waals surface area contributed by atoms with Crippen molar-refractivity contribution in [2.75, 3.05) is 19.1 Å². The first-order valence-electron chi connectivity index (χ1n) is 5.31. The van der Waals surface area contributed by atoms with Gasteiger partial charge in [0, 0.05) is 19.1 Å². The first-order chi connectivity index (χ1) is 6.85. The Morgan fingerprint density at radius 1 is 1.14 bits per heavy atom. The summed E-state index contributed by atoms with van der Waals surface area (Å²) in [7, 11) is 0. The van der Waals surface area contributed by atoms with E-state index in [2.05, 4.69) is 6.08 Å². The molecule has 0 heterocycles. The van der Waals surface area contributed by atoms with Gasteiger partial charge in [-0.2, -0.15) is 0 Å². The molecule has 0 aliphatic rings. The van der Waals surface area contributed by atoms with Crippen molar-refractivity contribution in [3.63, 3.8) is 0 Å². The summed E-state index contributed by atoms with van der Waals surface area (Å²) in [6, 6.07) is 0. The van der Waals surface area contributed by atoms with E-state index in [0.29, 0.717) is 13.2 Å². The van der Waals surface area contributed by atoms with Gasteiger partial charge in [-0.25, -0.2) is 0 Å². The number of unbranched alkanes of at least 4 members (excludes halogenated alkanes) is 2. The van der Waals surface area contributed by atoms with Gasteiger partial charge in [0.25, 0.3) is 0 Å². The summed E-state index contributed by atoms with van der Waals surface area (Å²) in [5.41, 5.74) is 0. The number of ether oxygens (including phenoxy) is 2. The minimum atomic E-state index is -0.180. The van der Waals surface area contributed by atoms with Crippen LogP contribution in [0.1, 0.15) is 33.1 Å². The van der Waals surface area contributed by atoms with E-state index < -0.39 is 0 Å². The molecule has 0 rings (SSSR count). The highest BCUT2D eigenvalue weighted by Crippen LogP contribution is 2.02. The third kappa shape index (κ3) is 8.54. The van der Waals surface area contributed by atoms with Crippen molar-refractivity contribution in [1.29, 1.82) is 0 Å². The number of hydrogen-bond acceptors (Lipinski definition) is 2. The van der Waals surface area contributed by atoms with Crippen LogP contribution in [0.3, 0.4) is 0 Å². The maximum Gasteiger partial charge on any atom is 0.176 e. The molecule has 0 spiro atoms. The first-order valence-corrected chi connectivity index (χ1v) is 5.84. The Morgan fingerprint density at radius 3 is 2.29 bits per heavy atom. The third-order valence-corrected chi connectivity index (χ3v) is 1.98.